The maximum Gasteiger partial charge on any atom is 0.116 e. The second-order valence-corrected chi connectivity index (χ2v) is 6.77. The van der Waals surface area contributed by atoms with Crippen LogP contribution in [0.2, 0.25) is 0 Å². The normalized spacial score (nSPS) is 41.2. The second kappa shape index (κ2) is 3.66. The van der Waals surface area contributed by atoms with Crippen molar-refractivity contribution in [1.82, 2.24) is 0 Å². The summed E-state index contributed by atoms with van der Waals surface area (Å²) in [6, 6.07) is 5.49. The van der Waals surface area contributed by atoms with Gasteiger partial charge in [0, 0.05) is 5.69 Å². The van der Waals surface area contributed by atoms with Crippen molar-refractivity contribution >= 4 is 5.69 Å². The molecule has 96 valence electrons. The standard InChI is InChI=1S/C16H21NO/c17-15-2-1-13(18)8-14(15)16-11-4-9-3-10(6-11)7-12(16)5-9/h1-2,8-12,16,18H,3-7,17H2. The van der Waals surface area contributed by atoms with E-state index < -0.39 is 0 Å². The molecule has 0 aromatic heterocycles. The first-order valence-corrected chi connectivity index (χ1v) is 7.29. The SMILES string of the molecule is Nc1ccc(O)cc1C1C2CC3CC(C2)CC1C3. The van der Waals surface area contributed by atoms with E-state index in [0.717, 1.165) is 29.4 Å². The minimum Gasteiger partial charge on any atom is -0.508 e. The monoisotopic (exact) mass is 243 g/mol. The highest BCUT2D eigenvalue weighted by Crippen LogP contribution is 2.60. The molecule has 18 heavy (non-hydrogen) atoms. The molecule has 0 unspecified atom stereocenters. The van der Waals surface area contributed by atoms with Crippen LogP contribution in [0, 0.1) is 23.7 Å². The molecule has 3 N–H and O–H groups in total. The van der Waals surface area contributed by atoms with E-state index in [1.54, 1.807) is 6.07 Å². The highest BCUT2D eigenvalue weighted by molar-refractivity contribution is 5.52. The topological polar surface area (TPSA) is 46.2 Å². The average Bonchev–Trinajstić information content (AvgIpc) is 2.32. The quantitative estimate of drug-likeness (QED) is 0.585. The average molecular weight is 243 g/mol. The van der Waals surface area contributed by atoms with Gasteiger partial charge in [0.2, 0.25) is 0 Å². The third-order valence-electron chi connectivity index (χ3n) is 5.66. The molecule has 0 aliphatic heterocycles. The van der Waals surface area contributed by atoms with Crippen LogP contribution in [0.4, 0.5) is 5.69 Å². The smallest absolute Gasteiger partial charge is 0.116 e. The summed E-state index contributed by atoms with van der Waals surface area (Å²) in [6.07, 6.45) is 7.06. The largest absolute Gasteiger partial charge is 0.508 e. The van der Waals surface area contributed by atoms with E-state index in [1.165, 1.54) is 37.7 Å². The minimum absolute atomic E-state index is 0.369. The van der Waals surface area contributed by atoms with E-state index in [0.29, 0.717) is 11.7 Å². The summed E-state index contributed by atoms with van der Waals surface area (Å²) in [6.45, 7) is 0. The van der Waals surface area contributed by atoms with Crippen LogP contribution < -0.4 is 5.73 Å². The van der Waals surface area contributed by atoms with Crippen LogP contribution in [0.1, 0.15) is 43.6 Å². The molecule has 2 nitrogen and oxygen atoms in total. The minimum atomic E-state index is 0.369. The van der Waals surface area contributed by atoms with Crippen molar-refractivity contribution in [3.8, 4) is 5.75 Å². The van der Waals surface area contributed by atoms with E-state index >= 15 is 0 Å². The van der Waals surface area contributed by atoms with Crippen molar-refractivity contribution in [2.75, 3.05) is 5.73 Å². The number of phenolic OH excluding ortho intramolecular Hbond substituents is 1. The van der Waals surface area contributed by atoms with Crippen LogP contribution in [0.5, 0.6) is 5.75 Å². The van der Waals surface area contributed by atoms with E-state index in [4.69, 9.17) is 5.73 Å². The molecule has 4 aliphatic rings. The summed E-state index contributed by atoms with van der Waals surface area (Å²) in [5.41, 5.74) is 8.26. The van der Waals surface area contributed by atoms with Crippen molar-refractivity contribution < 1.29 is 5.11 Å². The summed E-state index contributed by atoms with van der Waals surface area (Å²) in [4.78, 5) is 0. The van der Waals surface area contributed by atoms with Crippen LogP contribution in [0.3, 0.4) is 0 Å². The third kappa shape index (κ3) is 1.47. The van der Waals surface area contributed by atoms with E-state index in [1.807, 2.05) is 12.1 Å². The number of anilines is 1. The Morgan fingerprint density at radius 2 is 1.56 bits per heavy atom. The zero-order chi connectivity index (χ0) is 12.3. The predicted molar refractivity (Wildman–Crippen MR) is 72.3 cm³/mol. The van der Waals surface area contributed by atoms with Gasteiger partial charge in [-0.25, -0.2) is 0 Å². The summed E-state index contributed by atoms with van der Waals surface area (Å²) < 4.78 is 0. The first kappa shape index (κ1) is 10.7. The Hall–Kier alpha value is -1.18. The second-order valence-electron chi connectivity index (χ2n) is 6.77. The van der Waals surface area contributed by atoms with E-state index in [9.17, 15) is 5.11 Å². The Bertz CT molecular complexity index is 454. The molecule has 0 atom stereocenters. The fraction of sp³-hybridized carbons (Fsp3) is 0.625. The molecule has 4 fully saturated rings. The lowest BCUT2D eigenvalue weighted by Gasteiger charge is -2.54. The predicted octanol–water partition coefficient (Wildman–Crippen LogP) is 3.51. The van der Waals surface area contributed by atoms with Crippen molar-refractivity contribution in [3.63, 3.8) is 0 Å². The molecule has 0 spiro atoms. The molecule has 0 radical (unpaired) electrons. The van der Waals surface area contributed by atoms with Crippen LogP contribution in [0.15, 0.2) is 18.2 Å². The van der Waals surface area contributed by atoms with Gasteiger partial charge in [-0.2, -0.15) is 0 Å². The van der Waals surface area contributed by atoms with Crippen LogP contribution in [0.25, 0.3) is 0 Å². The van der Waals surface area contributed by atoms with Crippen molar-refractivity contribution in [2.24, 2.45) is 23.7 Å². The van der Waals surface area contributed by atoms with Crippen LogP contribution >= 0.6 is 0 Å². The van der Waals surface area contributed by atoms with Crippen molar-refractivity contribution in [3.05, 3.63) is 23.8 Å². The lowest BCUT2D eigenvalue weighted by Crippen LogP contribution is -2.43. The zero-order valence-electron chi connectivity index (χ0n) is 10.7. The summed E-state index contributed by atoms with van der Waals surface area (Å²) >= 11 is 0. The summed E-state index contributed by atoms with van der Waals surface area (Å²) in [5.74, 6) is 4.61. The lowest BCUT2D eigenvalue weighted by molar-refractivity contribution is -0.00259. The molecular weight excluding hydrogens is 222 g/mol. The van der Waals surface area contributed by atoms with Gasteiger partial charge in [-0.3, -0.25) is 0 Å². The maximum atomic E-state index is 9.74. The lowest BCUT2D eigenvalue weighted by atomic mass is 9.50. The highest BCUT2D eigenvalue weighted by Gasteiger charge is 2.48. The molecule has 4 saturated carbocycles. The van der Waals surface area contributed by atoms with Crippen molar-refractivity contribution in [1.29, 1.82) is 0 Å². The zero-order valence-corrected chi connectivity index (χ0v) is 10.7. The maximum absolute atomic E-state index is 9.74. The van der Waals surface area contributed by atoms with Gasteiger partial charge < -0.3 is 10.8 Å². The first-order chi connectivity index (χ1) is 8.70. The summed E-state index contributed by atoms with van der Waals surface area (Å²) in [5, 5.41) is 9.74. The number of benzene rings is 1. The van der Waals surface area contributed by atoms with Gasteiger partial charge in [0.15, 0.2) is 0 Å². The third-order valence-corrected chi connectivity index (χ3v) is 5.66. The molecular formula is C16H21NO. The molecule has 2 heteroatoms. The fourth-order valence-corrected chi connectivity index (χ4v) is 5.28. The van der Waals surface area contributed by atoms with Gasteiger partial charge >= 0.3 is 0 Å². The molecule has 4 aliphatic carbocycles. The number of nitrogen functional groups attached to an aromatic ring is 1. The molecule has 4 bridgehead atoms. The number of rotatable bonds is 1. The van der Waals surface area contributed by atoms with E-state index in [2.05, 4.69) is 0 Å². The number of phenols is 1. The first-order valence-electron chi connectivity index (χ1n) is 7.29. The molecule has 1 aromatic carbocycles. The molecule has 5 rings (SSSR count). The van der Waals surface area contributed by atoms with Gasteiger partial charge in [-0.15, -0.1) is 0 Å². The van der Waals surface area contributed by atoms with Gasteiger partial charge in [0.1, 0.15) is 5.75 Å². The Balaban J connectivity index is 1.74. The van der Waals surface area contributed by atoms with Crippen LogP contribution in [-0.4, -0.2) is 5.11 Å². The molecule has 0 saturated heterocycles. The number of hydrogen-bond acceptors (Lipinski definition) is 2. The Labute approximate surface area is 108 Å². The van der Waals surface area contributed by atoms with Gasteiger partial charge in [0.05, 0.1) is 0 Å². The summed E-state index contributed by atoms with van der Waals surface area (Å²) in [7, 11) is 0. The Kier molecular flexibility index (Phi) is 2.18. The molecule has 0 heterocycles. The highest BCUT2D eigenvalue weighted by atomic mass is 16.3. The van der Waals surface area contributed by atoms with E-state index in [-0.39, 0.29) is 0 Å². The number of aromatic hydroxyl groups is 1. The Morgan fingerprint density at radius 1 is 0.944 bits per heavy atom. The fourth-order valence-electron chi connectivity index (χ4n) is 5.28. The van der Waals surface area contributed by atoms with Gasteiger partial charge in [-0.1, -0.05) is 0 Å². The van der Waals surface area contributed by atoms with Crippen LogP contribution in [-0.2, 0) is 0 Å². The number of hydrogen-bond donors (Lipinski definition) is 2. The number of nitrogens with two attached hydrogens (primary N) is 1. The van der Waals surface area contributed by atoms with Gasteiger partial charge in [0.25, 0.3) is 0 Å². The Morgan fingerprint density at radius 3 is 2.17 bits per heavy atom. The van der Waals surface area contributed by atoms with Crippen molar-refractivity contribution in [2.45, 2.75) is 38.0 Å². The molecule has 1 aromatic rings. The molecule has 0 amide bonds. The van der Waals surface area contributed by atoms with Gasteiger partial charge in [-0.05, 0) is 85.5 Å².